The maximum atomic E-state index is 5.75. The van der Waals surface area contributed by atoms with Crippen molar-refractivity contribution in [3.8, 4) is 11.6 Å². The lowest BCUT2D eigenvalue weighted by Crippen LogP contribution is -2.26. The van der Waals surface area contributed by atoms with E-state index in [1.165, 1.54) is 18.4 Å². The van der Waals surface area contributed by atoms with Crippen molar-refractivity contribution in [3.05, 3.63) is 53.7 Å². The maximum Gasteiger partial charge on any atom is 0.219 e. The number of nitrogens with one attached hydrogen (secondary N) is 1. The van der Waals surface area contributed by atoms with Gasteiger partial charge in [-0.25, -0.2) is 4.98 Å². The lowest BCUT2D eigenvalue weighted by atomic mass is 9.90. The second-order valence-electron chi connectivity index (χ2n) is 5.37. The van der Waals surface area contributed by atoms with E-state index < -0.39 is 0 Å². The molecule has 3 heteroatoms. The van der Waals surface area contributed by atoms with Gasteiger partial charge in [0, 0.05) is 12.3 Å². The van der Waals surface area contributed by atoms with Crippen LogP contribution in [0.2, 0.25) is 0 Å². The van der Waals surface area contributed by atoms with Gasteiger partial charge in [-0.15, -0.1) is 0 Å². The number of hydrogen-bond donors (Lipinski definition) is 1. The molecule has 0 bridgehead atoms. The Kier molecular flexibility index (Phi) is 3.97. The van der Waals surface area contributed by atoms with E-state index in [0.717, 1.165) is 24.4 Å². The quantitative estimate of drug-likeness (QED) is 0.922. The second kappa shape index (κ2) is 6.06. The van der Waals surface area contributed by atoms with Crippen LogP contribution in [0, 0.1) is 6.92 Å². The Labute approximate surface area is 120 Å². The Morgan fingerprint density at radius 2 is 1.80 bits per heavy atom. The number of hydrogen-bond acceptors (Lipinski definition) is 3. The van der Waals surface area contributed by atoms with E-state index in [9.17, 15) is 0 Å². The summed E-state index contributed by atoms with van der Waals surface area (Å²) in [6, 6.07) is 12.3. The van der Waals surface area contributed by atoms with E-state index in [1.54, 1.807) is 0 Å². The van der Waals surface area contributed by atoms with Crippen LogP contribution in [0.5, 0.6) is 11.6 Å². The van der Waals surface area contributed by atoms with Crippen molar-refractivity contribution in [2.45, 2.75) is 25.7 Å². The number of pyridine rings is 1. The summed E-state index contributed by atoms with van der Waals surface area (Å²) < 4.78 is 5.75. The molecule has 1 aromatic carbocycles. The van der Waals surface area contributed by atoms with E-state index in [0.29, 0.717) is 11.8 Å². The van der Waals surface area contributed by atoms with Gasteiger partial charge in [0.05, 0.1) is 0 Å². The Hall–Kier alpha value is -1.87. The predicted molar refractivity (Wildman–Crippen MR) is 80.3 cm³/mol. The summed E-state index contributed by atoms with van der Waals surface area (Å²) in [5.74, 6) is 2.17. The highest BCUT2D eigenvalue weighted by Gasteiger charge is 2.14. The van der Waals surface area contributed by atoms with E-state index in [2.05, 4.69) is 22.4 Å². The SMILES string of the molecule is Cc1ccc(Oc2ccc(C3CCNCC3)cc2)nc1. The molecule has 3 nitrogen and oxygen atoms in total. The van der Waals surface area contributed by atoms with Crippen LogP contribution in [-0.2, 0) is 0 Å². The van der Waals surface area contributed by atoms with E-state index in [1.807, 2.05) is 37.4 Å². The minimum absolute atomic E-state index is 0.644. The molecule has 1 aliphatic heterocycles. The van der Waals surface area contributed by atoms with Gasteiger partial charge in [0.2, 0.25) is 5.88 Å². The lowest BCUT2D eigenvalue weighted by Gasteiger charge is -2.23. The van der Waals surface area contributed by atoms with Gasteiger partial charge in [-0.3, -0.25) is 0 Å². The van der Waals surface area contributed by atoms with Crippen molar-refractivity contribution >= 4 is 0 Å². The van der Waals surface area contributed by atoms with Gasteiger partial charge in [-0.05, 0) is 62.0 Å². The molecule has 1 aromatic heterocycles. The molecular formula is C17H20N2O. The lowest BCUT2D eigenvalue weighted by molar-refractivity contribution is 0.454. The zero-order valence-electron chi connectivity index (χ0n) is 11.8. The van der Waals surface area contributed by atoms with Gasteiger partial charge >= 0.3 is 0 Å². The normalized spacial score (nSPS) is 16.1. The van der Waals surface area contributed by atoms with Crippen LogP contribution in [0.15, 0.2) is 42.6 Å². The molecule has 0 spiro atoms. The number of aryl methyl sites for hydroxylation is 1. The fourth-order valence-electron chi connectivity index (χ4n) is 2.60. The summed E-state index contributed by atoms with van der Waals surface area (Å²) >= 11 is 0. The summed E-state index contributed by atoms with van der Waals surface area (Å²) in [5, 5.41) is 3.40. The van der Waals surface area contributed by atoms with Gasteiger partial charge in [0.1, 0.15) is 5.75 Å². The highest BCUT2D eigenvalue weighted by molar-refractivity contribution is 5.32. The molecular weight excluding hydrogens is 248 g/mol. The first-order valence-electron chi connectivity index (χ1n) is 7.22. The molecule has 20 heavy (non-hydrogen) atoms. The van der Waals surface area contributed by atoms with Crippen LogP contribution in [0.1, 0.15) is 29.9 Å². The van der Waals surface area contributed by atoms with Crippen LogP contribution in [0.3, 0.4) is 0 Å². The fraction of sp³-hybridized carbons (Fsp3) is 0.353. The Morgan fingerprint density at radius 1 is 1.05 bits per heavy atom. The van der Waals surface area contributed by atoms with Gasteiger partial charge in [-0.1, -0.05) is 18.2 Å². The first-order chi connectivity index (χ1) is 9.81. The first kappa shape index (κ1) is 13.1. The molecule has 0 atom stereocenters. The van der Waals surface area contributed by atoms with Crippen LogP contribution in [0.25, 0.3) is 0 Å². The maximum absolute atomic E-state index is 5.75. The molecule has 1 fully saturated rings. The third-order valence-corrected chi connectivity index (χ3v) is 3.80. The van der Waals surface area contributed by atoms with Crippen LogP contribution in [-0.4, -0.2) is 18.1 Å². The minimum Gasteiger partial charge on any atom is -0.439 e. The number of rotatable bonds is 3. The van der Waals surface area contributed by atoms with Crippen molar-refractivity contribution in [1.29, 1.82) is 0 Å². The highest BCUT2D eigenvalue weighted by Crippen LogP contribution is 2.27. The van der Waals surface area contributed by atoms with Crippen molar-refractivity contribution < 1.29 is 4.74 Å². The predicted octanol–water partition coefficient (Wildman–Crippen LogP) is 3.65. The molecule has 1 N–H and O–H groups in total. The smallest absolute Gasteiger partial charge is 0.219 e. The minimum atomic E-state index is 0.644. The molecule has 2 aromatic rings. The summed E-state index contributed by atoms with van der Waals surface area (Å²) in [4.78, 5) is 4.26. The number of nitrogens with zero attached hydrogens (tertiary/aromatic N) is 1. The van der Waals surface area contributed by atoms with Gasteiger partial charge in [-0.2, -0.15) is 0 Å². The zero-order chi connectivity index (χ0) is 13.8. The van der Waals surface area contributed by atoms with E-state index in [4.69, 9.17) is 4.74 Å². The summed E-state index contributed by atoms with van der Waals surface area (Å²) in [7, 11) is 0. The first-order valence-corrected chi connectivity index (χ1v) is 7.22. The number of piperidine rings is 1. The van der Waals surface area contributed by atoms with Crippen LogP contribution < -0.4 is 10.1 Å². The molecule has 2 heterocycles. The largest absolute Gasteiger partial charge is 0.439 e. The summed E-state index contributed by atoms with van der Waals surface area (Å²) in [6.07, 6.45) is 4.26. The number of aromatic nitrogens is 1. The third kappa shape index (κ3) is 3.17. The number of benzene rings is 1. The Balaban J connectivity index is 1.67. The standard InChI is InChI=1S/C17H20N2O/c1-13-2-7-17(19-12-13)20-16-5-3-14(4-6-16)15-8-10-18-11-9-15/h2-7,12,15,18H,8-11H2,1H3. The molecule has 0 amide bonds. The molecule has 0 saturated carbocycles. The molecule has 1 saturated heterocycles. The van der Waals surface area contributed by atoms with Crippen molar-refractivity contribution in [1.82, 2.24) is 10.3 Å². The van der Waals surface area contributed by atoms with Crippen molar-refractivity contribution in [2.75, 3.05) is 13.1 Å². The molecule has 3 rings (SSSR count). The summed E-state index contributed by atoms with van der Waals surface area (Å²) in [6.45, 7) is 4.26. The summed E-state index contributed by atoms with van der Waals surface area (Å²) in [5.41, 5.74) is 2.55. The molecule has 0 radical (unpaired) electrons. The Morgan fingerprint density at radius 3 is 2.45 bits per heavy atom. The van der Waals surface area contributed by atoms with Gasteiger partial charge < -0.3 is 10.1 Å². The van der Waals surface area contributed by atoms with Gasteiger partial charge in [0.25, 0.3) is 0 Å². The molecule has 1 aliphatic rings. The second-order valence-corrected chi connectivity index (χ2v) is 5.37. The van der Waals surface area contributed by atoms with E-state index >= 15 is 0 Å². The topological polar surface area (TPSA) is 34.1 Å². The van der Waals surface area contributed by atoms with Crippen LogP contribution >= 0.6 is 0 Å². The zero-order valence-corrected chi connectivity index (χ0v) is 11.8. The Bertz CT molecular complexity index is 542. The molecule has 0 aliphatic carbocycles. The monoisotopic (exact) mass is 268 g/mol. The van der Waals surface area contributed by atoms with Gasteiger partial charge in [0.15, 0.2) is 0 Å². The van der Waals surface area contributed by atoms with E-state index in [-0.39, 0.29) is 0 Å². The average molecular weight is 268 g/mol. The highest BCUT2D eigenvalue weighted by atomic mass is 16.5. The fourth-order valence-corrected chi connectivity index (χ4v) is 2.60. The number of ether oxygens (including phenoxy) is 1. The van der Waals surface area contributed by atoms with Crippen molar-refractivity contribution in [3.63, 3.8) is 0 Å². The molecule has 104 valence electrons. The van der Waals surface area contributed by atoms with Crippen molar-refractivity contribution in [2.24, 2.45) is 0 Å². The average Bonchev–Trinajstić information content (AvgIpc) is 2.51. The molecule has 0 unspecified atom stereocenters. The van der Waals surface area contributed by atoms with Crippen LogP contribution in [0.4, 0.5) is 0 Å². The third-order valence-electron chi connectivity index (χ3n) is 3.80.